The fourth-order valence-electron chi connectivity index (χ4n) is 3.20. The Morgan fingerprint density at radius 1 is 1.04 bits per heavy atom. The monoisotopic (exact) mass is 338 g/mol. The first-order chi connectivity index (χ1) is 12.1. The highest BCUT2D eigenvalue weighted by Gasteiger charge is 2.26. The van der Waals surface area contributed by atoms with Crippen molar-refractivity contribution in [1.29, 1.82) is 0 Å². The molecule has 2 aromatic carbocycles. The van der Waals surface area contributed by atoms with E-state index in [2.05, 4.69) is 5.32 Å². The van der Waals surface area contributed by atoms with Crippen LogP contribution in [0.1, 0.15) is 12.8 Å². The van der Waals surface area contributed by atoms with Gasteiger partial charge in [-0.15, -0.1) is 0 Å². The second-order valence-electron chi connectivity index (χ2n) is 6.29. The number of anilines is 1. The molecule has 6 nitrogen and oxygen atoms in total. The van der Waals surface area contributed by atoms with Gasteiger partial charge in [0.05, 0.1) is 6.10 Å². The number of rotatable bonds is 1. The number of nitrogens with zero attached hydrogens (tertiary/aromatic N) is 1. The molecule has 25 heavy (non-hydrogen) atoms. The molecule has 1 saturated heterocycles. The van der Waals surface area contributed by atoms with E-state index in [-0.39, 0.29) is 6.10 Å². The summed E-state index contributed by atoms with van der Waals surface area (Å²) >= 11 is 0. The molecule has 6 heteroatoms. The second-order valence-corrected chi connectivity index (χ2v) is 6.29. The summed E-state index contributed by atoms with van der Waals surface area (Å²) < 4.78 is 5.79. The van der Waals surface area contributed by atoms with Gasteiger partial charge < -0.3 is 19.7 Å². The zero-order chi connectivity index (χ0) is 17.4. The predicted molar refractivity (Wildman–Crippen MR) is 94.2 cm³/mol. The van der Waals surface area contributed by atoms with Gasteiger partial charge in [0.15, 0.2) is 0 Å². The van der Waals surface area contributed by atoms with E-state index < -0.39 is 11.8 Å². The van der Waals surface area contributed by atoms with Crippen molar-refractivity contribution in [2.75, 3.05) is 18.4 Å². The van der Waals surface area contributed by atoms with Gasteiger partial charge >= 0.3 is 11.8 Å². The van der Waals surface area contributed by atoms with Gasteiger partial charge in [-0.25, -0.2) is 0 Å². The molecule has 3 aromatic rings. The van der Waals surface area contributed by atoms with Crippen LogP contribution in [0.4, 0.5) is 5.69 Å². The first-order valence-electron chi connectivity index (χ1n) is 8.31. The number of furan rings is 1. The largest absolute Gasteiger partial charge is 0.456 e. The fourth-order valence-corrected chi connectivity index (χ4v) is 3.20. The van der Waals surface area contributed by atoms with Crippen LogP contribution >= 0.6 is 0 Å². The molecule has 128 valence electrons. The standard InChI is InChI=1S/C19H18N2O4/c22-13-7-9-21(10-8-13)19(24)18(23)20-12-5-6-15-14-3-1-2-4-16(14)25-17(15)11-12/h1-6,11,13,22H,7-10H2,(H,20,23). The first-order valence-corrected chi connectivity index (χ1v) is 8.31. The number of nitrogens with one attached hydrogen (secondary N) is 1. The van der Waals surface area contributed by atoms with Crippen molar-refractivity contribution in [1.82, 2.24) is 4.90 Å². The summed E-state index contributed by atoms with van der Waals surface area (Å²) in [7, 11) is 0. The zero-order valence-corrected chi connectivity index (χ0v) is 13.6. The molecular formula is C19H18N2O4. The minimum Gasteiger partial charge on any atom is -0.456 e. The molecule has 2 amide bonds. The van der Waals surface area contributed by atoms with Crippen LogP contribution in [0.5, 0.6) is 0 Å². The van der Waals surface area contributed by atoms with Gasteiger partial charge in [-0.1, -0.05) is 18.2 Å². The van der Waals surface area contributed by atoms with E-state index >= 15 is 0 Å². The van der Waals surface area contributed by atoms with Gasteiger partial charge in [0.25, 0.3) is 0 Å². The lowest BCUT2D eigenvalue weighted by Crippen LogP contribution is -2.45. The highest BCUT2D eigenvalue weighted by molar-refractivity contribution is 6.39. The van der Waals surface area contributed by atoms with Crippen LogP contribution in [-0.4, -0.2) is 41.0 Å². The van der Waals surface area contributed by atoms with E-state index in [9.17, 15) is 14.7 Å². The minimum absolute atomic E-state index is 0.386. The van der Waals surface area contributed by atoms with Gasteiger partial charge in [0.2, 0.25) is 0 Å². The van der Waals surface area contributed by atoms with Gasteiger partial charge in [0, 0.05) is 35.6 Å². The number of benzene rings is 2. The third kappa shape index (κ3) is 2.96. The van der Waals surface area contributed by atoms with Crippen molar-refractivity contribution in [2.45, 2.75) is 18.9 Å². The molecule has 0 aliphatic carbocycles. The molecule has 0 saturated carbocycles. The average molecular weight is 338 g/mol. The molecule has 4 rings (SSSR count). The number of hydrogen-bond acceptors (Lipinski definition) is 4. The van der Waals surface area contributed by atoms with Gasteiger partial charge in [0.1, 0.15) is 11.2 Å². The Morgan fingerprint density at radius 3 is 2.56 bits per heavy atom. The molecule has 0 atom stereocenters. The van der Waals surface area contributed by atoms with Gasteiger partial charge in [-0.3, -0.25) is 9.59 Å². The molecule has 2 heterocycles. The molecular weight excluding hydrogens is 320 g/mol. The van der Waals surface area contributed by atoms with Gasteiger partial charge in [-0.05, 0) is 31.0 Å². The molecule has 1 aliphatic heterocycles. The molecule has 1 fully saturated rings. The number of hydrogen-bond donors (Lipinski definition) is 2. The molecule has 2 N–H and O–H groups in total. The summed E-state index contributed by atoms with van der Waals surface area (Å²) in [5.41, 5.74) is 1.96. The minimum atomic E-state index is -0.674. The number of fused-ring (bicyclic) bond motifs is 3. The maximum Gasteiger partial charge on any atom is 0.313 e. The number of carbonyl (C=O) groups is 2. The van der Waals surface area contributed by atoms with Crippen LogP contribution in [0.2, 0.25) is 0 Å². The molecule has 0 spiro atoms. The summed E-state index contributed by atoms with van der Waals surface area (Å²) in [5, 5.41) is 14.1. The number of para-hydroxylation sites is 1. The van der Waals surface area contributed by atoms with E-state index in [1.165, 1.54) is 4.90 Å². The van der Waals surface area contributed by atoms with Crippen molar-refractivity contribution >= 4 is 39.4 Å². The molecule has 1 aliphatic rings. The van der Waals surface area contributed by atoms with E-state index in [1.807, 2.05) is 30.3 Å². The normalized spacial score (nSPS) is 15.6. The topological polar surface area (TPSA) is 82.8 Å². The summed E-state index contributed by atoms with van der Waals surface area (Å²) in [5.74, 6) is -1.25. The van der Waals surface area contributed by atoms with Crippen molar-refractivity contribution in [3.63, 3.8) is 0 Å². The summed E-state index contributed by atoms with van der Waals surface area (Å²) in [4.78, 5) is 25.9. The number of amides is 2. The van der Waals surface area contributed by atoms with Crippen molar-refractivity contribution in [2.24, 2.45) is 0 Å². The lowest BCUT2D eigenvalue weighted by atomic mass is 10.1. The number of likely N-dealkylation sites (tertiary alicyclic amines) is 1. The van der Waals surface area contributed by atoms with Crippen molar-refractivity contribution < 1.29 is 19.1 Å². The van der Waals surface area contributed by atoms with Crippen molar-refractivity contribution in [3.05, 3.63) is 42.5 Å². The molecule has 0 bridgehead atoms. The highest BCUT2D eigenvalue weighted by Crippen LogP contribution is 2.30. The summed E-state index contributed by atoms with van der Waals surface area (Å²) in [6.07, 6.45) is 0.621. The highest BCUT2D eigenvalue weighted by atomic mass is 16.3. The van der Waals surface area contributed by atoms with E-state index in [0.29, 0.717) is 37.2 Å². The first kappa shape index (κ1) is 15.7. The molecule has 0 radical (unpaired) electrons. The van der Waals surface area contributed by atoms with Crippen LogP contribution in [-0.2, 0) is 9.59 Å². The zero-order valence-electron chi connectivity index (χ0n) is 13.6. The van der Waals surface area contributed by atoms with Crippen LogP contribution in [0.3, 0.4) is 0 Å². The van der Waals surface area contributed by atoms with Gasteiger partial charge in [-0.2, -0.15) is 0 Å². The van der Waals surface area contributed by atoms with Crippen LogP contribution in [0.15, 0.2) is 46.9 Å². The van der Waals surface area contributed by atoms with Crippen LogP contribution < -0.4 is 5.32 Å². The Bertz CT molecular complexity index is 954. The number of piperidine rings is 1. The maximum absolute atomic E-state index is 12.2. The number of aliphatic hydroxyl groups is 1. The third-order valence-electron chi connectivity index (χ3n) is 4.58. The SMILES string of the molecule is O=C(Nc1ccc2c(c1)oc1ccccc12)C(=O)N1CCC(O)CC1. The molecule has 1 aromatic heterocycles. The smallest absolute Gasteiger partial charge is 0.313 e. The fraction of sp³-hybridized carbons (Fsp3) is 0.263. The quantitative estimate of drug-likeness (QED) is 0.668. The number of aliphatic hydroxyl groups excluding tert-OH is 1. The average Bonchev–Trinajstić information content (AvgIpc) is 2.99. The number of carbonyl (C=O) groups excluding carboxylic acids is 2. The maximum atomic E-state index is 12.2. The lowest BCUT2D eigenvalue weighted by Gasteiger charge is -2.28. The van der Waals surface area contributed by atoms with E-state index in [4.69, 9.17) is 4.42 Å². The summed E-state index contributed by atoms with van der Waals surface area (Å²) in [6, 6.07) is 13.1. The van der Waals surface area contributed by atoms with E-state index in [0.717, 1.165) is 16.4 Å². The lowest BCUT2D eigenvalue weighted by molar-refractivity contribution is -0.144. The third-order valence-corrected chi connectivity index (χ3v) is 4.58. The molecule has 0 unspecified atom stereocenters. The van der Waals surface area contributed by atoms with Crippen LogP contribution in [0, 0.1) is 0 Å². The van der Waals surface area contributed by atoms with Crippen molar-refractivity contribution in [3.8, 4) is 0 Å². The predicted octanol–water partition coefficient (Wildman–Crippen LogP) is 2.51. The Morgan fingerprint density at radius 2 is 1.76 bits per heavy atom. The Labute approximate surface area is 144 Å². The second kappa shape index (κ2) is 6.22. The van der Waals surface area contributed by atoms with Crippen LogP contribution in [0.25, 0.3) is 21.9 Å². The summed E-state index contributed by atoms with van der Waals surface area (Å²) in [6.45, 7) is 0.798. The van der Waals surface area contributed by atoms with E-state index in [1.54, 1.807) is 12.1 Å². The Hall–Kier alpha value is -2.86. The Kier molecular flexibility index (Phi) is 3.89. The Balaban J connectivity index is 1.53.